The molecule has 222 valence electrons. The van der Waals surface area contributed by atoms with Crippen molar-refractivity contribution in [2.75, 3.05) is 0 Å². The lowest BCUT2D eigenvalue weighted by atomic mass is 9.92. The molecule has 5 nitrogen and oxygen atoms in total. The van der Waals surface area contributed by atoms with E-state index in [1.807, 2.05) is 97.8 Å². The first-order valence-electron chi connectivity index (χ1n) is 15.2. The largest absolute Gasteiger partial charge is 0.263 e. The fraction of sp³-hybridized carbons (Fsp3) is 0. The number of benzene rings is 3. The SMILES string of the molecule is Fc1ccc2c(-c3cncc(-c4cc(-c5cncc(-c6ccccn6)c5)cc(-c5cncc(-c6ccccn6)c5)c4)c3)cccc2c1. The molecule has 0 aliphatic rings. The number of pyridine rings is 5. The van der Waals surface area contributed by atoms with Gasteiger partial charge >= 0.3 is 0 Å². The number of aromatic nitrogens is 5. The highest BCUT2D eigenvalue weighted by atomic mass is 19.1. The van der Waals surface area contributed by atoms with Crippen LogP contribution in [-0.4, -0.2) is 24.9 Å². The maximum Gasteiger partial charge on any atom is 0.123 e. The zero-order valence-electron chi connectivity index (χ0n) is 25.1. The Labute approximate surface area is 271 Å². The molecule has 0 amide bonds. The van der Waals surface area contributed by atoms with E-state index in [1.54, 1.807) is 18.5 Å². The predicted molar refractivity (Wildman–Crippen MR) is 185 cm³/mol. The molecule has 0 atom stereocenters. The van der Waals surface area contributed by atoms with Crippen LogP contribution in [0.15, 0.2) is 159 Å². The Hall–Kier alpha value is -6.40. The van der Waals surface area contributed by atoms with E-state index in [0.29, 0.717) is 0 Å². The number of hydrogen-bond donors (Lipinski definition) is 0. The maximum atomic E-state index is 14.0. The summed E-state index contributed by atoms with van der Waals surface area (Å²) in [4.78, 5) is 22.9. The Balaban J connectivity index is 1.28. The monoisotopic (exact) mass is 607 g/mol. The van der Waals surface area contributed by atoms with E-state index in [-0.39, 0.29) is 5.82 Å². The molecule has 3 aromatic carbocycles. The van der Waals surface area contributed by atoms with Gasteiger partial charge in [0.25, 0.3) is 0 Å². The quantitative estimate of drug-likeness (QED) is 0.188. The van der Waals surface area contributed by atoms with Gasteiger partial charge in [0, 0.05) is 83.0 Å². The topological polar surface area (TPSA) is 64.5 Å². The molecule has 0 radical (unpaired) electrons. The minimum atomic E-state index is -0.255. The van der Waals surface area contributed by atoms with Gasteiger partial charge in [-0.1, -0.05) is 36.4 Å². The van der Waals surface area contributed by atoms with Crippen LogP contribution in [0.5, 0.6) is 0 Å². The second-order valence-electron chi connectivity index (χ2n) is 11.3. The highest BCUT2D eigenvalue weighted by Crippen LogP contribution is 2.36. The lowest BCUT2D eigenvalue weighted by molar-refractivity contribution is 0.630. The zero-order chi connectivity index (χ0) is 31.6. The van der Waals surface area contributed by atoms with Gasteiger partial charge in [-0.05, 0) is 106 Å². The summed E-state index contributed by atoms with van der Waals surface area (Å²) >= 11 is 0. The van der Waals surface area contributed by atoms with Gasteiger partial charge in [-0.2, -0.15) is 0 Å². The van der Waals surface area contributed by atoms with Gasteiger partial charge in [0.15, 0.2) is 0 Å². The highest BCUT2D eigenvalue weighted by molar-refractivity contribution is 5.97. The van der Waals surface area contributed by atoms with Crippen LogP contribution in [0.1, 0.15) is 0 Å². The normalized spacial score (nSPS) is 11.1. The fourth-order valence-electron chi connectivity index (χ4n) is 5.92. The summed E-state index contributed by atoms with van der Waals surface area (Å²) in [5.74, 6) is -0.255. The summed E-state index contributed by atoms with van der Waals surface area (Å²) in [5, 5.41) is 1.81. The molecule has 5 heterocycles. The molecular formula is C41H26FN5. The van der Waals surface area contributed by atoms with Gasteiger partial charge in [0.05, 0.1) is 11.4 Å². The number of halogens is 1. The van der Waals surface area contributed by atoms with Crippen molar-refractivity contribution in [1.82, 2.24) is 24.9 Å². The number of fused-ring (bicyclic) bond motifs is 1. The van der Waals surface area contributed by atoms with Crippen molar-refractivity contribution in [3.63, 3.8) is 0 Å². The van der Waals surface area contributed by atoms with Crippen molar-refractivity contribution in [3.05, 3.63) is 165 Å². The second kappa shape index (κ2) is 12.2. The minimum Gasteiger partial charge on any atom is -0.263 e. The van der Waals surface area contributed by atoms with E-state index < -0.39 is 0 Å². The summed E-state index contributed by atoms with van der Waals surface area (Å²) in [6.07, 6.45) is 14.7. The minimum absolute atomic E-state index is 0.255. The molecular weight excluding hydrogens is 581 g/mol. The van der Waals surface area contributed by atoms with E-state index in [9.17, 15) is 4.39 Å². The third-order valence-corrected chi connectivity index (χ3v) is 8.22. The van der Waals surface area contributed by atoms with Crippen molar-refractivity contribution in [2.24, 2.45) is 0 Å². The molecule has 6 heteroatoms. The van der Waals surface area contributed by atoms with E-state index in [2.05, 4.69) is 61.3 Å². The maximum absolute atomic E-state index is 14.0. The molecule has 5 aromatic heterocycles. The standard InChI is InChI=1S/C41H26FN5/c42-37-10-11-39-27(20-37)6-5-7-38(39)34-17-31(21-43-24-34)28-14-29(32-18-35(25-44-22-32)40-8-1-3-12-46-40)16-30(15-28)33-19-36(26-45-23-33)41-9-2-4-13-47-41/h1-26H. The summed E-state index contributed by atoms with van der Waals surface area (Å²) < 4.78 is 14.0. The Morgan fingerprint density at radius 3 is 1.40 bits per heavy atom. The van der Waals surface area contributed by atoms with Crippen LogP contribution in [-0.2, 0) is 0 Å². The molecule has 0 unspecified atom stereocenters. The van der Waals surface area contributed by atoms with Crippen LogP contribution in [0.3, 0.4) is 0 Å². The molecule has 0 N–H and O–H groups in total. The van der Waals surface area contributed by atoms with E-state index in [4.69, 9.17) is 0 Å². The van der Waals surface area contributed by atoms with Crippen LogP contribution in [0.25, 0.3) is 77.8 Å². The van der Waals surface area contributed by atoms with Gasteiger partial charge in [-0.25, -0.2) is 4.39 Å². The smallest absolute Gasteiger partial charge is 0.123 e. The van der Waals surface area contributed by atoms with Crippen molar-refractivity contribution in [3.8, 4) is 67.0 Å². The molecule has 0 bridgehead atoms. The molecule has 8 rings (SSSR count). The van der Waals surface area contributed by atoms with Crippen LogP contribution in [0.2, 0.25) is 0 Å². The fourth-order valence-corrected chi connectivity index (χ4v) is 5.92. The molecule has 47 heavy (non-hydrogen) atoms. The van der Waals surface area contributed by atoms with Gasteiger partial charge in [0.2, 0.25) is 0 Å². The van der Waals surface area contributed by atoms with Gasteiger partial charge in [-0.15, -0.1) is 0 Å². The number of nitrogens with zero attached hydrogens (tertiary/aromatic N) is 5. The Kier molecular flexibility index (Phi) is 7.28. The first-order chi connectivity index (χ1) is 23.2. The zero-order valence-corrected chi connectivity index (χ0v) is 25.1. The third-order valence-electron chi connectivity index (χ3n) is 8.22. The van der Waals surface area contributed by atoms with Crippen LogP contribution >= 0.6 is 0 Å². The van der Waals surface area contributed by atoms with Crippen LogP contribution < -0.4 is 0 Å². The molecule has 0 fully saturated rings. The van der Waals surface area contributed by atoms with Crippen LogP contribution in [0.4, 0.5) is 4.39 Å². The van der Waals surface area contributed by atoms with Crippen molar-refractivity contribution >= 4 is 10.8 Å². The van der Waals surface area contributed by atoms with Gasteiger partial charge in [0.1, 0.15) is 5.82 Å². The molecule has 0 saturated heterocycles. The first-order valence-corrected chi connectivity index (χ1v) is 15.2. The highest BCUT2D eigenvalue weighted by Gasteiger charge is 2.13. The Morgan fingerprint density at radius 2 is 0.872 bits per heavy atom. The molecule has 8 aromatic rings. The van der Waals surface area contributed by atoms with Crippen molar-refractivity contribution in [2.45, 2.75) is 0 Å². The second-order valence-corrected chi connectivity index (χ2v) is 11.3. The Morgan fingerprint density at radius 1 is 0.383 bits per heavy atom. The lowest BCUT2D eigenvalue weighted by Crippen LogP contribution is -1.91. The number of hydrogen-bond acceptors (Lipinski definition) is 5. The van der Waals surface area contributed by atoms with Gasteiger partial charge in [-0.3, -0.25) is 24.9 Å². The summed E-state index contributed by atoms with van der Waals surface area (Å²) in [5.41, 5.74) is 11.4. The lowest BCUT2D eigenvalue weighted by Gasteiger charge is -2.13. The Bertz CT molecular complexity index is 2270. The summed E-state index contributed by atoms with van der Waals surface area (Å²) in [6, 6.07) is 35.4. The molecule has 0 aliphatic heterocycles. The average Bonchev–Trinajstić information content (AvgIpc) is 3.15. The third kappa shape index (κ3) is 5.76. The summed E-state index contributed by atoms with van der Waals surface area (Å²) in [6.45, 7) is 0. The first kappa shape index (κ1) is 28.1. The number of rotatable bonds is 6. The van der Waals surface area contributed by atoms with Crippen molar-refractivity contribution < 1.29 is 4.39 Å². The molecule has 0 saturated carbocycles. The molecule has 0 spiro atoms. The van der Waals surface area contributed by atoms with Crippen LogP contribution in [0, 0.1) is 5.82 Å². The molecule has 0 aliphatic carbocycles. The van der Waals surface area contributed by atoms with Crippen molar-refractivity contribution in [1.29, 1.82) is 0 Å². The van der Waals surface area contributed by atoms with E-state index in [0.717, 1.165) is 77.8 Å². The average molecular weight is 608 g/mol. The van der Waals surface area contributed by atoms with E-state index >= 15 is 0 Å². The van der Waals surface area contributed by atoms with Gasteiger partial charge < -0.3 is 0 Å². The summed E-state index contributed by atoms with van der Waals surface area (Å²) in [7, 11) is 0. The van der Waals surface area contributed by atoms with E-state index in [1.165, 1.54) is 6.07 Å². The predicted octanol–water partition coefficient (Wildman–Crippen LogP) is 9.96.